The second-order valence-electron chi connectivity index (χ2n) is 4.22. The SMILES string of the molecule is COc1ccc(C)cc1-c1nc(CCN)n(C)n1. The van der Waals surface area contributed by atoms with Crippen molar-refractivity contribution in [3.8, 4) is 17.1 Å². The first-order valence-electron chi connectivity index (χ1n) is 5.90. The maximum atomic E-state index is 5.55. The summed E-state index contributed by atoms with van der Waals surface area (Å²) < 4.78 is 7.12. The summed E-state index contributed by atoms with van der Waals surface area (Å²) in [6.07, 6.45) is 0.720. The second kappa shape index (κ2) is 5.18. The van der Waals surface area contributed by atoms with E-state index < -0.39 is 0 Å². The van der Waals surface area contributed by atoms with Crippen LogP contribution in [0.3, 0.4) is 0 Å². The van der Waals surface area contributed by atoms with Gasteiger partial charge in [0, 0.05) is 13.5 Å². The summed E-state index contributed by atoms with van der Waals surface area (Å²) in [5.74, 6) is 2.35. The Bertz CT molecular complexity index is 548. The average molecular weight is 246 g/mol. The highest BCUT2D eigenvalue weighted by Gasteiger charge is 2.13. The molecule has 0 saturated carbocycles. The molecule has 18 heavy (non-hydrogen) atoms. The molecule has 0 spiro atoms. The maximum absolute atomic E-state index is 5.55. The van der Waals surface area contributed by atoms with Crippen LogP contribution in [0.15, 0.2) is 18.2 Å². The Balaban J connectivity index is 2.47. The third-order valence-electron chi connectivity index (χ3n) is 2.82. The zero-order valence-corrected chi connectivity index (χ0v) is 11.0. The van der Waals surface area contributed by atoms with E-state index in [1.807, 2.05) is 32.2 Å². The van der Waals surface area contributed by atoms with E-state index in [9.17, 15) is 0 Å². The lowest BCUT2D eigenvalue weighted by atomic mass is 10.1. The van der Waals surface area contributed by atoms with Gasteiger partial charge in [0.1, 0.15) is 11.6 Å². The molecule has 5 heteroatoms. The predicted molar refractivity (Wildman–Crippen MR) is 70.5 cm³/mol. The van der Waals surface area contributed by atoms with Gasteiger partial charge >= 0.3 is 0 Å². The monoisotopic (exact) mass is 246 g/mol. The van der Waals surface area contributed by atoms with Crippen LogP contribution >= 0.6 is 0 Å². The average Bonchev–Trinajstić information content (AvgIpc) is 2.71. The zero-order valence-electron chi connectivity index (χ0n) is 11.0. The van der Waals surface area contributed by atoms with Crippen molar-refractivity contribution in [1.29, 1.82) is 0 Å². The van der Waals surface area contributed by atoms with Crippen LogP contribution in [0.25, 0.3) is 11.4 Å². The van der Waals surface area contributed by atoms with Gasteiger partial charge in [-0.3, -0.25) is 4.68 Å². The van der Waals surface area contributed by atoms with E-state index in [1.54, 1.807) is 11.8 Å². The fourth-order valence-electron chi connectivity index (χ4n) is 1.87. The third kappa shape index (κ3) is 2.36. The largest absolute Gasteiger partial charge is 0.496 e. The quantitative estimate of drug-likeness (QED) is 0.883. The van der Waals surface area contributed by atoms with Gasteiger partial charge < -0.3 is 10.5 Å². The molecule has 0 radical (unpaired) electrons. The van der Waals surface area contributed by atoms with Gasteiger partial charge in [0.15, 0.2) is 5.82 Å². The van der Waals surface area contributed by atoms with E-state index in [0.717, 1.165) is 29.1 Å². The minimum Gasteiger partial charge on any atom is -0.496 e. The van der Waals surface area contributed by atoms with Crippen molar-refractivity contribution in [3.05, 3.63) is 29.6 Å². The Kier molecular flexibility index (Phi) is 3.62. The van der Waals surface area contributed by atoms with Crippen molar-refractivity contribution < 1.29 is 4.74 Å². The number of aromatic nitrogens is 3. The topological polar surface area (TPSA) is 66.0 Å². The van der Waals surface area contributed by atoms with Gasteiger partial charge in [0.2, 0.25) is 0 Å². The van der Waals surface area contributed by atoms with Gasteiger partial charge in [-0.05, 0) is 25.6 Å². The summed E-state index contributed by atoms with van der Waals surface area (Å²) >= 11 is 0. The number of hydrogen-bond acceptors (Lipinski definition) is 4. The third-order valence-corrected chi connectivity index (χ3v) is 2.82. The first-order valence-corrected chi connectivity index (χ1v) is 5.90. The van der Waals surface area contributed by atoms with Crippen LogP contribution in [0, 0.1) is 6.92 Å². The number of hydrogen-bond donors (Lipinski definition) is 1. The molecule has 0 saturated heterocycles. The Labute approximate surface area is 107 Å². The number of nitrogens with zero attached hydrogens (tertiary/aromatic N) is 3. The van der Waals surface area contributed by atoms with Crippen LogP contribution in [-0.2, 0) is 13.5 Å². The molecular formula is C13H18N4O. The van der Waals surface area contributed by atoms with Gasteiger partial charge in [-0.1, -0.05) is 11.6 Å². The molecule has 1 aromatic carbocycles. The summed E-state index contributed by atoms with van der Waals surface area (Å²) in [5.41, 5.74) is 7.62. The standard InChI is InChI=1S/C13H18N4O/c1-9-4-5-11(18-3)10(8-9)13-15-12(6-7-14)17(2)16-13/h4-5,8H,6-7,14H2,1-3H3. The van der Waals surface area contributed by atoms with Crippen molar-refractivity contribution in [2.75, 3.05) is 13.7 Å². The van der Waals surface area contributed by atoms with E-state index in [-0.39, 0.29) is 0 Å². The molecule has 0 aliphatic rings. The highest BCUT2D eigenvalue weighted by Crippen LogP contribution is 2.28. The number of aryl methyl sites for hydroxylation is 2. The highest BCUT2D eigenvalue weighted by atomic mass is 16.5. The molecule has 2 N–H and O–H groups in total. The van der Waals surface area contributed by atoms with Crippen molar-refractivity contribution >= 4 is 0 Å². The Morgan fingerprint density at radius 3 is 2.83 bits per heavy atom. The van der Waals surface area contributed by atoms with E-state index in [2.05, 4.69) is 10.1 Å². The Morgan fingerprint density at radius 2 is 2.17 bits per heavy atom. The second-order valence-corrected chi connectivity index (χ2v) is 4.22. The van der Waals surface area contributed by atoms with Gasteiger partial charge in [0.05, 0.1) is 12.7 Å². The zero-order chi connectivity index (χ0) is 13.1. The van der Waals surface area contributed by atoms with Crippen LogP contribution in [0.4, 0.5) is 0 Å². The number of rotatable bonds is 4. The van der Waals surface area contributed by atoms with Gasteiger partial charge in [-0.15, -0.1) is 0 Å². The summed E-state index contributed by atoms with van der Waals surface area (Å²) in [6.45, 7) is 2.60. The van der Waals surface area contributed by atoms with E-state index in [1.165, 1.54) is 0 Å². The Hall–Kier alpha value is -1.88. The smallest absolute Gasteiger partial charge is 0.185 e. The minimum atomic E-state index is 0.566. The Morgan fingerprint density at radius 1 is 1.39 bits per heavy atom. The van der Waals surface area contributed by atoms with Gasteiger partial charge in [-0.25, -0.2) is 4.98 Å². The summed E-state index contributed by atoms with van der Waals surface area (Å²) in [7, 11) is 3.53. The van der Waals surface area contributed by atoms with Crippen LogP contribution in [0.5, 0.6) is 5.75 Å². The molecule has 1 aromatic heterocycles. The predicted octanol–water partition coefficient (Wildman–Crippen LogP) is 1.30. The molecule has 0 aliphatic heterocycles. The molecule has 5 nitrogen and oxygen atoms in total. The fraction of sp³-hybridized carbons (Fsp3) is 0.385. The molecular weight excluding hydrogens is 228 g/mol. The summed E-state index contributed by atoms with van der Waals surface area (Å²) in [4.78, 5) is 4.51. The number of nitrogens with two attached hydrogens (primary N) is 1. The van der Waals surface area contributed by atoms with Crippen molar-refractivity contribution in [1.82, 2.24) is 14.8 Å². The maximum Gasteiger partial charge on any atom is 0.185 e. The number of benzene rings is 1. The normalized spacial score (nSPS) is 10.7. The van der Waals surface area contributed by atoms with Crippen LogP contribution in [0.2, 0.25) is 0 Å². The lowest BCUT2D eigenvalue weighted by molar-refractivity contribution is 0.416. The van der Waals surface area contributed by atoms with Crippen molar-refractivity contribution in [2.45, 2.75) is 13.3 Å². The van der Waals surface area contributed by atoms with Crippen molar-refractivity contribution in [3.63, 3.8) is 0 Å². The molecule has 0 unspecified atom stereocenters. The van der Waals surface area contributed by atoms with E-state index in [4.69, 9.17) is 10.5 Å². The molecule has 0 amide bonds. The number of ether oxygens (including phenoxy) is 1. The van der Waals surface area contributed by atoms with E-state index in [0.29, 0.717) is 12.4 Å². The van der Waals surface area contributed by atoms with Crippen LogP contribution in [-0.4, -0.2) is 28.4 Å². The van der Waals surface area contributed by atoms with Crippen LogP contribution in [0.1, 0.15) is 11.4 Å². The minimum absolute atomic E-state index is 0.566. The first kappa shape index (κ1) is 12.6. The highest BCUT2D eigenvalue weighted by molar-refractivity contribution is 5.64. The molecule has 2 rings (SSSR count). The van der Waals surface area contributed by atoms with Crippen LogP contribution < -0.4 is 10.5 Å². The molecule has 96 valence electrons. The molecule has 1 heterocycles. The summed E-state index contributed by atoms with van der Waals surface area (Å²) in [5, 5.41) is 4.42. The molecule has 0 fully saturated rings. The fourth-order valence-corrected chi connectivity index (χ4v) is 1.87. The molecule has 0 aliphatic carbocycles. The van der Waals surface area contributed by atoms with E-state index >= 15 is 0 Å². The molecule has 2 aromatic rings. The van der Waals surface area contributed by atoms with Gasteiger partial charge in [0.25, 0.3) is 0 Å². The number of methoxy groups -OCH3 is 1. The van der Waals surface area contributed by atoms with Crippen molar-refractivity contribution in [2.24, 2.45) is 12.8 Å². The lowest BCUT2D eigenvalue weighted by Gasteiger charge is -2.05. The summed E-state index contributed by atoms with van der Waals surface area (Å²) in [6, 6.07) is 5.97. The molecule has 0 atom stereocenters. The van der Waals surface area contributed by atoms with Gasteiger partial charge in [-0.2, -0.15) is 5.10 Å². The first-order chi connectivity index (χ1) is 8.65. The lowest BCUT2D eigenvalue weighted by Crippen LogP contribution is -2.08. The molecule has 0 bridgehead atoms.